The number of rotatable bonds is 3. The Labute approximate surface area is 97.8 Å². The lowest BCUT2D eigenvalue weighted by Crippen LogP contribution is -2.20. The Morgan fingerprint density at radius 2 is 2.24 bits per heavy atom. The van der Waals surface area contributed by atoms with E-state index >= 15 is 0 Å². The van der Waals surface area contributed by atoms with Gasteiger partial charge in [0.05, 0.1) is 7.11 Å². The number of nitrogens with two attached hydrogens (primary N) is 1. The second-order valence-corrected chi connectivity index (χ2v) is 3.62. The zero-order valence-electron chi connectivity index (χ0n) is 9.25. The molecule has 1 unspecified atom stereocenters. The molecule has 88 valence electrons. The van der Waals surface area contributed by atoms with Crippen LogP contribution in [0.1, 0.15) is 11.6 Å². The summed E-state index contributed by atoms with van der Waals surface area (Å²) in [5.41, 5.74) is 6.11. The van der Waals surface area contributed by atoms with Crippen LogP contribution < -0.4 is 10.5 Å². The molecule has 2 rings (SSSR count). The van der Waals surface area contributed by atoms with Crippen LogP contribution >= 0.6 is 0 Å². The normalized spacial score (nSPS) is 12.4. The van der Waals surface area contributed by atoms with Gasteiger partial charge in [0.2, 0.25) is 5.88 Å². The molecule has 0 fully saturated rings. The Morgan fingerprint density at radius 3 is 2.88 bits per heavy atom. The van der Waals surface area contributed by atoms with Crippen LogP contribution in [0.15, 0.2) is 30.5 Å². The van der Waals surface area contributed by atoms with Gasteiger partial charge in [0.1, 0.15) is 6.04 Å². The van der Waals surface area contributed by atoms with Crippen molar-refractivity contribution >= 4 is 16.7 Å². The molecule has 5 heteroatoms. The quantitative estimate of drug-likeness (QED) is 0.833. The first kappa shape index (κ1) is 11.3. The summed E-state index contributed by atoms with van der Waals surface area (Å²) in [5, 5.41) is 10.5. The van der Waals surface area contributed by atoms with E-state index in [1.54, 1.807) is 37.6 Å². The minimum atomic E-state index is -1.05. The van der Waals surface area contributed by atoms with E-state index < -0.39 is 12.0 Å². The van der Waals surface area contributed by atoms with Crippen LogP contribution in [0.3, 0.4) is 0 Å². The highest BCUT2D eigenvalue weighted by Crippen LogP contribution is 2.25. The molecule has 1 heterocycles. The molecule has 0 amide bonds. The fourth-order valence-electron chi connectivity index (χ4n) is 1.67. The first-order valence-electron chi connectivity index (χ1n) is 5.04. The van der Waals surface area contributed by atoms with Crippen molar-refractivity contribution in [1.29, 1.82) is 0 Å². The molecule has 0 radical (unpaired) electrons. The van der Waals surface area contributed by atoms with Gasteiger partial charge >= 0.3 is 5.97 Å². The number of carbonyl (C=O) groups is 1. The van der Waals surface area contributed by atoms with Crippen molar-refractivity contribution in [1.82, 2.24) is 4.98 Å². The van der Waals surface area contributed by atoms with Crippen molar-refractivity contribution < 1.29 is 14.6 Å². The number of fused-ring (bicyclic) bond motifs is 1. The third-order valence-corrected chi connectivity index (χ3v) is 2.57. The van der Waals surface area contributed by atoms with Gasteiger partial charge in [0, 0.05) is 11.6 Å². The summed E-state index contributed by atoms with van der Waals surface area (Å²) in [4.78, 5) is 14.9. The molecular weight excluding hydrogens is 220 g/mol. The minimum Gasteiger partial charge on any atom is -0.481 e. The van der Waals surface area contributed by atoms with Gasteiger partial charge in [-0.3, -0.25) is 4.79 Å². The lowest BCUT2D eigenvalue weighted by atomic mass is 10.0. The second kappa shape index (κ2) is 4.39. The van der Waals surface area contributed by atoms with Crippen LogP contribution in [-0.2, 0) is 4.79 Å². The number of nitrogens with zero attached hydrogens (tertiary/aromatic N) is 1. The molecule has 0 bridgehead atoms. The van der Waals surface area contributed by atoms with E-state index in [4.69, 9.17) is 15.6 Å². The number of carboxylic acid groups (broad SMARTS) is 1. The predicted octanol–water partition coefficient (Wildman–Crippen LogP) is 1.33. The van der Waals surface area contributed by atoms with E-state index in [1.165, 1.54) is 0 Å². The monoisotopic (exact) mass is 232 g/mol. The number of carboxylic acids is 1. The minimum absolute atomic E-state index is 0.512. The van der Waals surface area contributed by atoms with Crippen molar-refractivity contribution in [2.75, 3.05) is 7.11 Å². The van der Waals surface area contributed by atoms with Crippen molar-refractivity contribution in [3.63, 3.8) is 0 Å². The topological polar surface area (TPSA) is 85.4 Å². The van der Waals surface area contributed by atoms with Gasteiger partial charge in [-0.25, -0.2) is 4.98 Å². The Hall–Kier alpha value is -2.14. The van der Waals surface area contributed by atoms with Crippen molar-refractivity contribution in [2.24, 2.45) is 5.73 Å². The van der Waals surface area contributed by atoms with Crippen LogP contribution in [0.4, 0.5) is 0 Å². The van der Waals surface area contributed by atoms with Crippen LogP contribution in [0.5, 0.6) is 5.88 Å². The van der Waals surface area contributed by atoms with E-state index in [0.717, 1.165) is 10.8 Å². The zero-order chi connectivity index (χ0) is 12.4. The number of hydrogen-bond acceptors (Lipinski definition) is 4. The summed E-state index contributed by atoms with van der Waals surface area (Å²) < 4.78 is 5.12. The molecule has 1 atom stereocenters. The van der Waals surface area contributed by atoms with Gasteiger partial charge in [-0.2, -0.15) is 0 Å². The Balaban J connectivity index is 2.55. The number of aromatic nitrogens is 1. The van der Waals surface area contributed by atoms with Crippen molar-refractivity contribution in [3.8, 4) is 5.88 Å². The fraction of sp³-hybridized carbons (Fsp3) is 0.167. The van der Waals surface area contributed by atoms with Crippen molar-refractivity contribution in [3.05, 3.63) is 36.0 Å². The second-order valence-electron chi connectivity index (χ2n) is 3.62. The highest BCUT2D eigenvalue weighted by molar-refractivity contribution is 5.88. The van der Waals surface area contributed by atoms with Crippen LogP contribution in [0, 0.1) is 0 Å². The third-order valence-electron chi connectivity index (χ3n) is 2.57. The number of benzene rings is 1. The van der Waals surface area contributed by atoms with Crippen LogP contribution in [0.25, 0.3) is 10.8 Å². The summed E-state index contributed by atoms with van der Waals surface area (Å²) in [6, 6.07) is 5.94. The molecule has 0 aliphatic heterocycles. The molecule has 0 aliphatic carbocycles. The van der Waals surface area contributed by atoms with Gasteiger partial charge in [0.15, 0.2) is 0 Å². The molecule has 3 N–H and O–H groups in total. The molecular formula is C12H12N2O3. The molecule has 0 aliphatic rings. The van der Waals surface area contributed by atoms with E-state index in [0.29, 0.717) is 11.4 Å². The lowest BCUT2D eigenvalue weighted by Gasteiger charge is -2.09. The maximum Gasteiger partial charge on any atom is 0.325 e. The summed E-state index contributed by atoms with van der Waals surface area (Å²) in [5.74, 6) is -0.539. The number of pyridine rings is 1. The predicted molar refractivity (Wildman–Crippen MR) is 62.9 cm³/mol. The largest absolute Gasteiger partial charge is 0.481 e. The number of hydrogen-bond donors (Lipinski definition) is 2. The molecule has 2 aromatic rings. The summed E-state index contributed by atoms with van der Waals surface area (Å²) in [6.07, 6.45) is 1.61. The maximum absolute atomic E-state index is 10.8. The standard InChI is InChI=1S/C12H12N2O3/c1-17-11-9-3-2-8(10(13)12(15)16)6-7(9)4-5-14-11/h2-6,10H,13H2,1H3,(H,15,16). The molecule has 1 aromatic carbocycles. The summed E-state index contributed by atoms with van der Waals surface area (Å²) in [7, 11) is 1.54. The van der Waals surface area contributed by atoms with E-state index in [2.05, 4.69) is 4.98 Å². The summed E-state index contributed by atoms with van der Waals surface area (Å²) in [6.45, 7) is 0. The van der Waals surface area contributed by atoms with Gasteiger partial charge < -0.3 is 15.6 Å². The van der Waals surface area contributed by atoms with Gasteiger partial charge in [0.25, 0.3) is 0 Å². The zero-order valence-corrected chi connectivity index (χ0v) is 9.25. The first-order chi connectivity index (χ1) is 8.13. The highest BCUT2D eigenvalue weighted by atomic mass is 16.5. The first-order valence-corrected chi connectivity index (χ1v) is 5.04. The van der Waals surface area contributed by atoms with Gasteiger partial charge in [-0.05, 0) is 29.1 Å². The molecule has 1 aromatic heterocycles. The lowest BCUT2D eigenvalue weighted by molar-refractivity contribution is -0.138. The maximum atomic E-state index is 10.8. The highest BCUT2D eigenvalue weighted by Gasteiger charge is 2.14. The number of ether oxygens (including phenoxy) is 1. The average Bonchev–Trinajstić information content (AvgIpc) is 2.36. The molecule has 0 saturated heterocycles. The Morgan fingerprint density at radius 1 is 1.47 bits per heavy atom. The van der Waals surface area contributed by atoms with E-state index in [-0.39, 0.29) is 0 Å². The number of aliphatic carboxylic acids is 1. The molecule has 17 heavy (non-hydrogen) atoms. The smallest absolute Gasteiger partial charge is 0.325 e. The van der Waals surface area contributed by atoms with Crippen molar-refractivity contribution in [2.45, 2.75) is 6.04 Å². The van der Waals surface area contributed by atoms with Crippen LogP contribution in [-0.4, -0.2) is 23.2 Å². The molecule has 5 nitrogen and oxygen atoms in total. The fourth-order valence-corrected chi connectivity index (χ4v) is 1.67. The van der Waals surface area contributed by atoms with Gasteiger partial charge in [-0.1, -0.05) is 6.07 Å². The van der Waals surface area contributed by atoms with Gasteiger partial charge in [-0.15, -0.1) is 0 Å². The average molecular weight is 232 g/mol. The van der Waals surface area contributed by atoms with E-state index in [9.17, 15) is 4.79 Å². The summed E-state index contributed by atoms with van der Waals surface area (Å²) >= 11 is 0. The van der Waals surface area contributed by atoms with E-state index in [1.807, 2.05) is 0 Å². The number of methoxy groups -OCH3 is 1. The Kier molecular flexibility index (Phi) is 2.93. The molecule has 0 spiro atoms. The van der Waals surface area contributed by atoms with Crippen LogP contribution in [0.2, 0.25) is 0 Å². The Bertz CT molecular complexity index is 569. The third kappa shape index (κ3) is 2.05. The molecule has 0 saturated carbocycles. The SMILES string of the molecule is COc1nccc2cc(C(N)C(=O)O)ccc12.